The lowest BCUT2D eigenvalue weighted by atomic mass is 9.91. The molecule has 1 amide bonds. The molecule has 6 heteroatoms. The Bertz CT molecular complexity index is 498. The van der Waals surface area contributed by atoms with Crippen LogP contribution in [0, 0.1) is 5.92 Å². The summed E-state index contributed by atoms with van der Waals surface area (Å²) in [4.78, 5) is 14.4. The summed E-state index contributed by atoms with van der Waals surface area (Å²) < 4.78 is 5.30. The molecule has 1 heterocycles. The van der Waals surface area contributed by atoms with Gasteiger partial charge in [0, 0.05) is 24.7 Å². The Morgan fingerprint density at radius 2 is 2.17 bits per heavy atom. The lowest BCUT2D eigenvalue weighted by Gasteiger charge is -2.38. The summed E-state index contributed by atoms with van der Waals surface area (Å²) in [7, 11) is 1.64. The first-order valence-corrected chi connectivity index (χ1v) is 7.98. The van der Waals surface area contributed by atoms with Crippen LogP contribution in [0.2, 0.25) is 0 Å². The van der Waals surface area contributed by atoms with Gasteiger partial charge in [-0.1, -0.05) is 25.1 Å². The molecule has 130 valence electrons. The highest BCUT2D eigenvalue weighted by molar-refractivity contribution is 5.85. The van der Waals surface area contributed by atoms with E-state index >= 15 is 0 Å². The topological polar surface area (TPSA) is 67.6 Å². The second-order valence-corrected chi connectivity index (χ2v) is 5.98. The molecular weight excluding hydrogens is 314 g/mol. The molecule has 1 saturated heterocycles. The van der Waals surface area contributed by atoms with E-state index in [-0.39, 0.29) is 18.3 Å². The highest BCUT2D eigenvalue weighted by Gasteiger charge is 2.28. The summed E-state index contributed by atoms with van der Waals surface area (Å²) in [5.74, 6) is 1.40. The average molecular weight is 342 g/mol. The highest BCUT2D eigenvalue weighted by Crippen LogP contribution is 2.22. The van der Waals surface area contributed by atoms with Gasteiger partial charge in [0.15, 0.2) is 0 Å². The van der Waals surface area contributed by atoms with Crippen molar-refractivity contribution in [3.05, 3.63) is 29.8 Å². The van der Waals surface area contributed by atoms with Gasteiger partial charge in [-0.2, -0.15) is 0 Å². The zero-order chi connectivity index (χ0) is 15.9. The van der Waals surface area contributed by atoms with Gasteiger partial charge in [-0.25, -0.2) is 0 Å². The fourth-order valence-electron chi connectivity index (χ4n) is 3.20. The number of methoxy groups -OCH3 is 1. The monoisotopic (exact) mass is 341 g/mol. The maximum atomic E-state index is 12.2. The number of likely N-dealkylation sites (tertiary alicyclic amines) is 1. The quantitative estimate of drug-likeness (QED) is 0.827. The van der Waals surface area contributed by atoms with E-state index in [1.807, 2.05) is 24.3 Å². The summed E-state index contributed by atoms with van der Waals surface area (Å²) in [6.07, 6.45) is 2.33. The van der Waals surface area contributed by atoms with Crippen molar-refractivity contribution in [2.45, 2.75) is 32.4 Å². The number of carbonyl (C=O) groups excluding carboxylic acids is 1. The molecule has 2 atom stereocenters. The van der Waals surface area contributed by atoms with Gasteiger partial charge in [-0.05, 0) is 31.4 Å². The summed E-state index contributed by atoms with van der Waals surface area (Å²) in [5, 5.41) is 2.98. The molecule has 0 bridgehead atoms. The van der Waals surface area contributed by atoms with Crippen molar-refractivity contribution in [3.8, 4) is 5.75 Å². The first-order chi connectivity index (χ1) is 10.7. The molecule has 1 aliphatic heterocycles. The molecule has 1 fully saturated rings. The van der Waals surface area contributed by atoms with Crippen LogP contribution < -0.4 is 15.8 Å². The molecular formula is C17H28ClN3O2. The molecule has 3 N–H and O–H groups in total. The number of hydrogen-bond donors (Lipinski definition) is 2. The Kier molecular flexibility index (Phi) is 8.37. The normalized spacial score (nSPS) is 21.3. The van der Waals surface area contributed by atoms with Crippen molar-refractivity contribution in [2.75, 3.05) is 26.7 Å². The van der Waals surface area contributed by atoms with Crippen molar-refractivity contribution in [1.29, 1.82) is 0 Å². The first kappa shape index (κ1) is 19.7. The maximum Gasteiger partial charge on any atom is 0.234 e. The van der Waals surface area contributed by atoms with Crippen molar-refractivity contribution < 1.29 is 9.53 Å². The van der Waals surface area contributed by atoms with Gasteiger partial charge in [-0.3, -0.25) is 9.69 Å². The number of para-hydroxylation sites is 1. The smallest absolute Gasteiger partial charge is 0.234 e. The van der Waals surface area contributed by atoms with E-state index in [0.717, 1.165) is 24.3 Å². The summed E-state index contributed by atoms with van der Waals surface area (Å²) in [5.41, 5.74) is 6.86. The van der Waals surface area contributed by atoms with Crippen molar-refractivity contribution in [3.63, 3.8) is 0 Å². The third kappa shape index (κ3) is 5.37. The standard InChI is InChI=1S/C17H27N3O2.ClH/c1-13-6-5-9-20(15(13)10-18)12-17(21)19-11-14-7-3-4-8-16(14)22-2;/h3-4,7-8,13,15H,5-6,9-12,18H2,1-2H3,(H,19,21);1H. The van der Waals surface area contributed by atoms with E-state index < -0.39 is 0 Å². The highest BCUT2D eigenvalue weighted by atomic mass is 35.5. The third-order valence-electron chi connectivity index (χ3n) is 4.49. The molecule has 2 rings (SSSR count). The fraction of sp³-hybridized carbons (Fsp3) is 0.588. The Morgan fingerprint density at radius 1 is 1.43 bits per heavy atom. The number of rotatable bonds is 6. The van der Waals surface area contributed by atoms with E-state index in [4.69, 9.17) is 10.5 Å². The number of nitrogens with zero attached hydrogens (tertiary/aromatic N) is 1. The number of piperidine rings is 1. The number of carbonyl (C=O) groups is 1. The van der Waals surface area contributed by atoms with E-state index in [1.54, 1.807) is 7.11 Å². The second kappa shape index (κ2) is 9.75. The van der Waals surface area contributed by atoms with Crippen molar-refractivity contribution >= 4 is 18.3 Å². The predicted octanol–water partition coefficient (Wildman–Crippen LogP) is 1.79. The van der Waals surface area contributed by atoms with Gasteiger partial charge in [-0.15, -0.1) is 12.4 Å². The second-order valence-electron chi connectivity index (χ2n) is 5.98. The largest absolute Gasteiger partial charge is 0.496 e. The molecule has 5 nitrogen and oxygen atoms in total. The van der Waals surface area contributed by atoms with E-state index in [9.17, 15) is 4.79 Å². The van der Waals surface area contributed by atoms with Crippen LogP contribution in [0.25, 0.3) is 0 Å². The number of benzene rings is 1. The SMILES string of the molecule is COc1ccccc1CNC(=O)CN1CCCC(C)C1CN.Cl. The predicted molar refractivity (Wildman–Crippen MR) is 94.9 cm³/mol. The van der Waals surface area contributed by atoms with E-state index in [1.165, 1.54) is 6.42 Å². The van der Waals surface area contributed by atoms with Gasteiger partial charge >= 0.3 is 0 Å². The van der Waals surface area contributed by atoms with Crippen LogP contribution in [0.1, 0.15) is 25.3 Å². The Labute approximate surface area is 145 Å². The zero-order valence-corrected chi connectivity index (χ0v) is 14.8. The number of nitrogens with two attached hydrogens (primary N) is 1. The summed E-state index contributed by atoms with van der Waals surface area (Å²) >= 11 is 0. The Hall–Kier alpha value is -1.30. The van der Waals surface area contributed by atoms with Crippen LogP contribution in [0.15, 0.2) is 24.3 Å². The average Bonchev–Trinajstić information content (AvgIpc) is 2.53. The van der Waals surface area contributed by atoms with Gasteiger partial charge in [0.1, 0.15) is 5.75 Å². The minimum Gasteiger partial charge on any atom is -0.496 e. The molecule has 0 aliphatic carbocycles. The molecule has 23 heavy (non-hydrogen) atoms. The number of ether oxygens (including phenoxy) is 1. The molecule has 0 radical (unpaired) electrons. The zero-order valence-electron chi connectivity index (χ0n) is 14.0. The molecule has 0 aromatic heterocycles. The molecule has 1 aromatic rings. The minimum absolute atomic E-state index is 0. The third-order valence-corrected chi connectivity index (χ3v) is 4.49. The molecule has 1 aromatic carbocycles. The maximum absolute atomic E-state index is 12.2. The summed E-state index contributed by atoms with van der Waals surface area (Å²) in [6.45, 7) is 4.69. The van der Waals surface area contributed by atoms with E-state index in [2.05, 4.69) is 17.1 Å². The molecule has 1 aliphatic rings. The number of nitrogens with one attached hydrogen (secondary N) is 1. The lowest BCUT2D eigenvalue weighted by Crippen LogP contribution is -2.51. The number of hydrogen-bond acceptors (Lipinski definition) is 4. The molecule has 0 saturated carbocycles. The van der Waals surface area contributed by atoms with Gasteiger partial charge < -0.3 is 15.8 Å². The van der Waals surface area contributed by atoms with Crippen LogP contribution in [0.3, 0.4) is 0 Å². The fourth-order valence-corrected chi connectivity index (χ4v) is 3.20. The Morgan fingerprint density at radius 3 is 2.87 bits per heavy atom. The van der Waals surface area contributed by atoms with Gasteiger partial charge in [0.2, 0.25) is 5.91 Å². The molecule has 2 unspecified atom stereocenters. The summed E-state index contributed by atoms with van der Waals surface area (Å²) in [6, 6.07) is 8.04. The van der Waals surface area contributed by atoms with Crippen LogP contribution >= 0.6 is 12.4 Å². The Balaban J connectivity index is 0.00000264. The first-order valence-electron chi connectivity index (χ1n) is 7.98. The van der Waals surface area contributed by atoms with Gasteiger partial charge in [0.05, 0.1) is 13.7 Å². The number of amides is 1. The van der Waals surface area contributed by atoms with Crippen LogP contribution in [-0.4, -0.2) is 43.6 Å². The number of halogens is 1. The minimum atomic E-state index is 0. The molecule has 0 spiro atoms. The van der Waals surface area contributed by atoms with E-state index in [0.29, 0.717) is 31.6 Å². The van der Waals surface area contributed by atoms with Crippen molar-refractivity contribution in [2.24, 2.45) is 11.7 Å². The van der Waals surface area contributed by atoms with Crippen LogP contribution in [0.5, 0.6) is 5.75 Å². The van der Waals surface area contributed by atoms with Crippen LogP contribution in [0.4, 0.5) is 0 Å². The van der Waals surface area contributed by atoms with Crippen LogP contribution in [-0.2, 0) is 11.3 Å². The van der Waals surface area contributed by atoms with Crippen molar-refractivity contribution in [1.82, 2.24) is 10.2 Å². The lowest BCUT2D eigenvalue weighted by molar-refractivity contribution is -0.123. The van der Waals surface area contributed by atoms with Gasteiger partial charge in [0.25, 0.3) is 0 Å².